The number of hydrogen-bond acceptors (Lipinski definition) is 6. The van der Waals surface area contributed by atoms with Crippen molar-refractivity contribution < 1.29 is 17.9 Å². The van der Waals surface area contributed by atoms with Crippen LogP contribution in [0.5, 0.6) is 0 Å². The molecule has 7 nitrogen and oxygen atoms in total. The lowest BCUT2D eigenvalue weighted by Crippen LogP contribution is -2.48. The number of nitrogens with one attached hydrogen (secondary N) is 1. The fourth-order valence-corrected chi connectivity index (χ4v) is 5.91. The molecule has 0 radical (unpaired) electrons. The first-order valence-corrected chi connectivity index (χ1v) is 12.8. The van der Waals surface area contributed by atoms with Crippen molar-refractivity contribution in [2.24, 2.45) is 5.92 Å². The molecule has 1 saturated carbocycles. The molecular formula is C24H25Cl2F3N6O. The summed E-state index contributed by atoms with van der Waals surface area (Å²) in [6, 6.07) is 2.78. The van der Waals surface area contributed by atoms with Gasteiger partial charge in [0.2, 0.25) is 5.95 Å². The summed E-state index contributed by atoms with van der Waals surface area (Å²) >= 11 is 12.8. The van der Waals surface area contributed by atoms with Crippen LogP contribution in [0.2, 0.25) is 10.2 Å². The van der Waals surface area contributed by atoms with E-state index in [-0.39, 0.29) is 29.5 Å². The largest absolute Gasteiger partial charge is 0.379 e. The zero-order chi connectivity index (χ0) is 25.2. The molecule has 4 heterocycles. The van der Waals surface area contributed by atoms with E-state index >= 15 is 4.39 Å². The highest BCUT2D eigenvalue weighted by Crippen LogP contribution is 2.53. The molecule has 1 aliphatic carbocycles. The van der Waals surface area contributed by atoms with Crippen molar-refractivity contribution in [2.75, 3.05) is 31.6 Å². The molecule has 1 aromatic carbocycles. The van der Waals surface area contributed by atoms with Gasteiger partial charge in [-0.2, -0.15) is 5.10 Å². The van der Waals surface area contributed by atoms with Crippen LogP contribution in [-0.2, 0) is 4.74 Å². The first-order valence-electron chi connectivity index (χ1n) is 12.0. The van der Waals surface area contributed by atoms with Crippen LogP contribution >= 0.6 is 23.2 Å². The molecule has 6 rings (SSSR count). The topological polar surface area (TPSA) is 68.1 Å². The molecular weight excluding hydrogens is 516 g/mol. The lowest BCUT2D eigenvalue weighted by molar-refractivity contribution is 0.0659. The van der Waals surface area contributed by atoms with E-state index < -0.39 is 18.1 Å². The number of ether oxygens (including phenoxy) is 1. The number of rotatable bonds is 5. The molecule has 1 N–H and O–H groups in total. The maximum atomic E-state index is 15.4. The van der Waals surface area contributed by atoms with Crippen LogP contribution in [0.25, 0.3) is 10.9 Å². The summed E-state index contributed by atoms with van der Waals surface area (Å²) in [5.74, 6) is -2.52. The average Bonchev–Trinajstić information content (AvgIpc) is 3.12. The van der Waals surface area contributed by atoms with Gasteiger partial charge >= 0.3 is 0 Å². The molecule has 0 amide bonds. The Labute approximate surface area is 215 Å². The molecule has 2 aromatic heterocycles. The lowest BCUT2D eigenvalue weighted by atomic mass is 9.86. The molecule has 192 valence electrons. The Kier molecular flexibility index (Phi) is 6.06. The average molecular weight is 541 g/mol. The van der Waals surface area contributed by atoms with Gasteiger partial charge in [-0.1, -0.05) is 30.1 Å². The number of piperidine rings is 1. The molecule has 3 aliphatic rings. The summed E-state index contributed by atoms with van der Waals surface area (Å²) in [7, 11) is 0. The molecule has 1 unspecified atom stereocenters. The number of likely N-dealkylation sites (tertiary alicyclic amines) is 1. The Morgan fingerprint density at radius 3 is 2.69 bits per heavy atom. The van der Waals surface area contributed by atoms with Crippen LogP contribution in [0.4, 0.5) is 24.8 Å². The van der Waals surface area contributed by atoms with Crippen LogP contribution in [0.15, 0.2) is 24.5 Å². The smallest absolute Gasteiger partial charge is 0.272 e. The van der Waals surface area contributed by atoms with Gasteiger partial charge < -0.3 is 10.1 Å². The van der Waals surface area contributed by atoms with Crippen LogP contribution in [0.3, 0.4) is 0 Å². The molecule has 3 fully saturated rings. The van der Waals surface area contributed by atoms with E-state index in [1.54, 1.807) is 12.3 Å². The SMILES string of the molecule is C[C@@H]1COC[C@@H]1N1CC[C@H](c2cc3nc(Nc4cnn(C5CC5(F)F)c4Cl)ncc3cc2Cl)[C@@H](F)C1. The van der Waals surface area contributed by atoms with Gasteiger partial charge in [-0.15, -0.1) is 0 Å². The predicted octanol–water partition coefficient (Wildman–Crippen LogP) is 5.62. The van der Waals surface area contributed by atoms with Gasteiger partial charge in [-0.05, 0) is 36.6 Å². The van der Waals surface area contributed by atoms with E-state index in [2.05, 4.69) is 32.2 Å². The Hall–Kier alpha value is -2.14. The van der Waals surface area contributed by atoms with Crippen molar-refractivity contribution in [1.29, 1.82) is 0 Å². The Morgan fingerprint density at radius 2 is 2.00 bits per heavy atom. The van der Waals surface area contributed by atoms with Crippen molar-refractivity contribution in [3.05, 3.63) is 40.3 Å². The van der Waals surface area contributed by atoms with E-state index in [9.17, 15) is 8.78 Å². The highest BCUT2D eigenvalue weighted by atomic mass is 35.5. The molecule has 3 aromatic rings. The highest BCUT2D eigenvalue weighted by molar-refractivity contribution is 6.32. The normalized spacial score (nSPS) is 30.1. The van der Waals surface area contributed by atoms with Crippen molar-refractivity contribution in [2.45, 2.75) is 49.9 Å². The fourth-order valence-electron chi connectivity index (χ4n) is 5.34. The second-order valence-corrected chi connectivity index (χ2v) is 10.8. The second kappa shape index (κ2) is 9.01. The summed E-state index contributed by atoms with van der Waals surface area (Å²) in [4.78, 5) is 11.0. The summed E-state index contributed by atoms with van der Waals surface area (Å²) < 4.78 is 49.0. The van der Waals surface area contributed by atoms with Crippen LogP contribution in [0.1, 0.15) is 37.3 Å². The third-order valence-corrected chi connectivity index (χ3v) is 8.24. The number of fused-ring (bicyclic) bond motifs is 1. The molecule has 0 bridgehead atoms. The number of alkyl halides is 3. The van der Waals surface area contributed by atoms with E-state index in [1.165, 1.54) is 6.20 Å². The van der Waals surface area contributed by atoms with E-state index in [4.69, 9.17) is 27.9 Å². The van der Waals surface area contributed by atoms with Gasteiger partial charge in [0.1, 0.15) is 12.2 Å². The zero-order valence-corrected chi connectivity index (χ0v) is 21.0. The highest BCUT2D eigenvalue weighted by Gasteiger charge is 2.59. The summed E-state index contributed by atoms with van der Waals surface area (Å²) in [5, 5.41) is 8.19. The van der Waals surface area contributed by atoms with Crippen molar-refractivity contribution in [1.82, 2.24) is 24.6 Å². The lowest BCUT2D eigenvalue weighted by Gasteiger charge is -2.39. The Balaban J connectivity index is 1.22. The Morgan fingerprint density at radius 1 is 1.19 bits per heavy atom. The van der Waals surface area contributed by atoms with Gasteiger partial charge in [0.15, 0.2) is 5.15 Å². The predicted molar refractivity (Wildman–Crippen MR) is 131 cm³/mol. The fraction of sp³-hybridized carbons (Fsp3) is 0.542. The molecule has 0 spiro atoms. The summed E-state index contributed by atoms with van der Waals surface area (Å²) in [6.45, 7) is 4.62. The van der Waals surface area contributed by atoms with E-state index in [1.807, 2.05) is 6.07 Å². The Bertz CT molecular complexity index is 1310. The van der Waals surface area contributed by atoms with Crippen molar-refractivity contribution in [3.8, 4) is 0 Å². The maximum absolute atomic E-state index is 15.4. The molecule has 2 aliphatic heterocycles. The van der Waals surface area contributed by atoms with Crippen molar-refractivity contribution >= 4 is 45.7 Å². The molecule has 2 saturated heterocycles. The third-order valence-electron chi connectivity index (χ3n) is 7.54. The molecule has 12 heteroatoms. The second-order valence-electron chi connectivity index (χ2n) is 10.0. The maximum Gasteiger partial charge on any atom is 0.272 e. The van der Waals surface area contributed by atoms with Gasteiger partial charge in [-0.3, -0.25) is 4.90 Å². The minimum absolute atomic E-state index is 0.0617. The monoisotopic (exact) mass is 540 g/mol. The van der Waals surface area contributed by atoms with E-state index in [0.717, 1.165) is 16.8 Å². The number of halogens is 5. The van der Waals surface area contributed by atoms with Crippen LogP contribution < -0.4 is 5.32 Å². The van der Waals surface area contributed by atoms with E-state index in [0.29, 0.717) is 53.7 Å². The number of hydrogen-bond donors (Lipinski definition) is 1. The van der Waals surface area contributed by atoms with Gasteiger partial charge in [0, 0.05) is 41.5 Å². The quantitative estimate of drug-likeness (QED) is 0.453. The number of nitrogens with zero attached hydrogens (tertiary/aromatic N) is 5. The molecule has 36 heavy (non-hydrogen) atoms. The minimum atomic E-state index is -2.80. The third kappa shape index (κ3) is 4.31. The first-order chi connectivity index (χ1) is 17.2. The van der Waals surface area contributed by atoms with Gasteiger partial charge in [0.05, 0.1) is 30.6 Å². The zero-order valence-electron chi connectivity index (χ0n) is 19.5. The first kappa shape index (κ1) is 24.2. The number of anilines is 2. The van der Waals surface area contributed by atoms with Gasteiger partial charge in [0.25, 0.3) is 5.92 Å². The minimum Gasteiger partial charge on any atom is -0.379 e. The summed E-state index contributed by atoms with van der Waals surface area (Å²) in [6.07, 6.45) is 2.27. The van der Waals surface area contributed by atoms with Crippen molar-refractivity contribution in [3.63, 3.8) is 0 Å². The summed E-state index contributed by atoms with van der Waals surface area (Å²) in [5.41, 5.74) is 1.64. The number of benzene rings is 1. The standard InChI is InChI=1S/C24H25Cl2F3N6O/c1-12-10-36-11-20(12)34-3-2-14(17(27)9-34)15-5-18-13(4-16(15)25)7-30-23(32-18)33-19-8-31-35(22(19)26)21-6-24(21,28)29/h4-5,7-8,12,14,17,20-21H,2-3,6,9-11H2,1H3,(H,30,32,33)/t12-,14-,17+,20+,21?/m1/s1. The van der Waals surface area contributed by atoms with Crippen LogP contribution in [0, 0.1) is 5.92 Å². The molecule has 5 atom stereocenters. The number of aromatic nitrogens is 4. The van der Waals surface area contributed by atoms with Crippen LogP contribution in [-0.4, -0.2) is 69.1 Å². The van der Waals surface area contributed by atoms with Gasteiger partial charge in [-0.25, -0.2) is 27.8 Å².